The van der Waals surface area contributed by atoms with Gasteiger partial charge in [0, 0.05) is 54.8 Å². The summed E-state index contributed by atoms with van der Waals surface area (Å²) in [6, 6.07) is 21.1. The van der Waals surface area contributed by atoms with E-state index in [1.165, 1.54) is 24.5 Å². The number of ether oxygens (including phenoxy) is 2. The number of halogens is 8. The highest BCUT2D eigenvalue weighted by atomic mass is 19.4. The van der Waals surface area contributed by atoms with E-state index in [4.69, 9.17) is 9.47 Å². The lowest BCUT2D eigenvalue weighted by Gasteiger charge is -2.34. The summed E-state index contributed by atoms with van der Waals surface area (Å²) in [7, 11) is 0. The average Bonchev–Trinajstić information content (AvgIpc) is 3.36. The Bertz CT molecular complexity index is 2840. The highest BCUT2D eigenvalue weighted by molar-refractivity contribution is 5.84. The van der Waals surface area contributed by atoms with E-state index in [0.717, 1.165) is 52.9 Å². The summed E-state index contributed by atoms with van der Waals surface area (Å²) in [4.78, 5) is 29.5. The minimum atomic E-state index is -4.40. The Morgan fingerprint density at radius 2 is 1.25 bits per heavy atom. The summed E-state index contributed by atoms with van der Waals surface area (Å²) in [6.07, 6.45) is -1.49. The van der Waals surface area contributed by atoms with Crippen LogP contribution in [0.5, 0.6) is 0 Å². The zero-order valence-corrected chi connectivity index (χ0v) is 40.0. The molecule has 12 nitrogen and oxygen atoms in total. The quantitative estimate of drug-likeness (QED) is 0.0805. The molecule has 4 heterocycles. The normalized spacial score (nSPS) is 16.5. The Labute approximate surface area is 412 Å². The molecule has 380 valence electrons. The van der Waals surface area contributed by atoms with Crippen LogP contribution in [0.3, 0.4) is 0 Å². The van der Waals surface area contributed by atoms with E-state index >= 15 is 0 Å². The van der Waals surface area contributed by atoms with Crippen LogP contribution in [0.4, 0.5) is 69.5 Å². The van der Waals surface area contributed by atoms with Crippen LogP contribution in [-0.2, 0) is 41.3 Å². The topological polar surface area (TPSA) is 125 Å². The second kappa shape index (κ2) is 23.9. The fourth-order valence-corrected chi connectivity index (χ4v) is 7.91. The van der Waals surface area contributed by atoms with Crippen molar-refractivity contribution < 1.29 is 44.6 Å². The van der Waals surface area contributed by atoms with Gasteiger partial charge >= 0.3 is 12.4 Å². The predicted octanol–water partition coefficient (Wildman–Crippen LogP) is 11.7. The van der Waals surface area contributed by atoms with E-state index in [1.54, 1.807) is 36.7 Å². The molecule has 2 N–H and O–H groups in total. The smallest absolute Gasteiger partial charge is 0.377 e. The molecule has 0 bridgehead atoms. The molecule has 2 aliphatic rings. The number of anilines is 6. The van der Waals surface area contributed by atoms with Gasteiger partial charge in [-0.1, -0.05) is 38.1 Å². The molecule has 0 amide bonds. The standard InChI is InChI=1S/2C26H27F4N5O/c1-3-18-11-22(33-21-6-4-5-20(12-21)26(28,29)30)8-7-19(18)13-31-15-24-32-14-23(27)25(34-24)35-9-10-36-16-17(35)2;1-3-22-16-35(9-10-36-22)25-23(27)14-32-24(34-25)15-31-13-18-7-8-21(11-17(18)2)33-20-6-4-5-19(12-20)26(28,29)30/h4-8,11-14,17,33H,3,9-10,15-16H2,1-2H3;4-8,11-14,22,33H,3,9-10,15-16H2,1-2H3. The minimum absolute atomic E-state index is 0.00896. The molecule has 2 fully saturated rings. The first-order chi connectivity index (χ1) is 34.5. The number of morpholine rings is 2. The number of aromatic nitrogens is 4. The largest absolute Gasteiger partial charge is 0.416 e. The summed E-state index contributed by atoms with van der Waals surface area (Å²) < 4.78 is 118. The first-order valence-corrected chi connectivity index (χ1v) is 23.3. The number of rotatable bonds is 14. The molecule has 2 saturated heterocycles. The van der Waals surface area contributed by atoms with Crippen molar-refractivity contribution in [3.63, 3.8) is 0 Å². The van der Waals surface area contributed by atoms with Crippen LogP contribution in [0.2, 0.25) is 0 Å². The Balaban J connectivity index is 0.000000211. The third-order valence-electron chi connectivity index (χ3n) is 11.8. The van der Waals surface area contributed by atoms with E-state index in [1.807, 2.05) is 61.8 Å². The number of aryl methyl sites for hydroxylation is 2. The molecule has 0 aliphatic carbocycles. The van der Waals surface area contributed by atoms with Crippen molar-refractivity contribution in [1.82, 2.24) is 19.9 Å². The molecule has 72 heavy (non-hydrogen) atoms. The van der Waals surface area contributed by atoms with Crippen molar-refractivity contribution in [1.29, 1.82) is 0 Å². The highest BCUT2D eigenvalue weighted by Gasteiger charge is 2.31. The van der Waals surface area contributed by atoms with E-state index in [-0.39, 0.29) is 36.9 Å². The van der Waals surface area contributed by atoms with Crippen molar-refractivity contribution >= 4 is 46.8 Å². The fourth-order valence-electron chi connectivity index (χ4n) is 7.91. The molecule has 0 spiro atoms. The SMILES string of the molecule is CCC1CN(c2nc(CN=Cc3ccc(Nc4cccc(C(F)(F)F)c4)cc3C)ncc2F)CCO1.CCc1cc(Nc2cccc(C(F)(F)F)c2)ccc1C=NCc1ncc(F)c(N2CCOCC2C)n1. The number of nitrogens with zero attached hydrogens (tertiary/aromatic N) is 8. The Kier molecular flexibility index (Phi) is 17.5. The minimum Gasteiger partial charge on any atom is -0.377 e. The molecule has 4 aromatic carbocycles. The third-order valence-corrected chi connectivity index (χ3v) is 11.8. The molecular weight excluding hydrogens is 949 g/mol. The first-order valence-electron chi connectivity index (χ1n) is 23.3. The lowest BCUT2D eigenvalue weighted by atomic mass is 10.0. The van der Waals surface area contributed by atoms with Crippen LogP contribution in [-0.4, -0.2) is 84.0 Å². The van der Waals surface area contributed by atoms with Crippen LogP contribution in [0.25, 0.3) is 0 Å². The maximum Gasteiger partial charge on any atom is 0.416 e. The van der Waals surface area contributed by atoms with Crippen LogP contribution >= 0.6 is 0 Å². The zero-order chi connectivity index (χ0) is 51.4. The van der Waals surface area contributed by atoms with Gasteiger partial charge in [-0.25, -0.2) is 28.7 Å². The second-order valence-electron chi connectivity index (χ2n) is 17.1. The van der Waals surface area contributed by atoms with Crippen molar-refractivity contribution in [2.24, 2.45) is 9.98 Å². The van der Waals surface area contributed by atoms with Crippen molar-refractivity contribution in [2.45, 2.75) is 78.1 Å². The molecule has 2 unspecified atom stereocenters. The van der Waals surface area contributed by atoms with Crippen molar-refractivity contribution in [2.75, 3.05) is 59.9 Å². The zero-order valence-electron chi connectivity index (χ0n) is 40.0. The average molecular weight is 1000 g/mol. The molecule has 8 rings (SSSR count). The van der Waals surface area contributed by atoms with E-state index in [0.29, 0.717) is 80.3 Å². The monoisotopic (exact) mass is 1000 g/mol. The van der Waals surface area contributed by atoms with Gasteiger partial charge in [-0.2, -0.15) is 26.3 Å². The van der Waals surface area contributed by atoms with Gasteiger partial charge in [-0.3, -0.25) is 9.98 Å². The second-order valence-corrected chi connectivity index (χ2v) is 17.1. The van der Waals surface area contributed by atoms with Crippen LogP contribution in [0.15, 0.2) is 107 Å². The molecule has 0 saturated carbocycles. The van der Waals surface area contributed by atoms with Gasteiger partial charge in [0.05, 0.1) is 68.6 Å². The van der Waals surface area contributed by atoms with Gasteiger partial charge in [-0.05, 0) is 110 Å². The molecule has 2 aliphatic heterocycles. The van der Waals surface area contributed by atoms with Gasteiger partial charge in [0.25, 0.3) is 0 Å². The van der Waals surface area contributed by atoms with E-state index in [9.17, 15) is 35.1 Å². The number of aliphatic imine (C=N–C) groups is 2. The maximum absolute atomic E-state index is 14.4. The van der Waals surface area contributed by atoms with Gasteiger partial charge in [0.1, 0.15) is 0 Å². The highest BCUT2D eigenvalue weighted by Crippen LogP contribution is 2.33. The van der Waals surface area contributed by atoms with Crippen molar-refractivity contribution in [3.8, 4) is 0 Å². The predicted molar refractivity (Wildman–Crippen MR) is 263 cm³/mol. The van der Waals surface area contributed by atoms with Crippen LogP contribution in [0.1, 0.15) is 72.2 Å². The Morgan fingerprint density at radius 3 is 1.82 bits per heavy atom. The number of benzene rings is 4. The molecular formula is C52H54F8N10O2. The molecule has 2 aromatic heterocycles. The molecule has 2 atom stereocenters. The molecule has 6 aromatic rings. The number of hydrogen-bond donors (Lipinski definition) is 2. The first kappa shape index (κ1) is 52.8. The summed E-state index contributed by atoms with van der Waals surface area (Å²) in [6.45, 7) is 11.4. The maximum atomic E-state index is 14.4. The third kappa shape index (κ3) is 14.3. The van der Waals surface area contributed by atoms with Gasteiger partial charge in [-0.15, -0.1) is 0 Å². The molecule has 0 radical (unpaired) electrons. The Morgan fingerprint density at radius 1 is 0.694 bits per heavy atom. The fraction of sp³-hybridized carbons (Fsp3) is 0.346. The lowest BCUT2D eigenvalue weighted by molar-refractivity contribution is -0.138. The summed E-state index contributed by atoms with van der Waals surface area (Å²) in [5, 5.41) is 6.04. The van der Waals surface area contributed by atoms with Gasteiger partial charge in [0.2, 0.25) is 0 Å². The lowest BCUT2D eigenvalue weighted by Crippen LogP contribution is -2.44. The number of alkyl halides is 6. The van der Waals surface area contributed by atoms with Crippen molar-refractivity contribution in [3.05, 3.63) is 154 Å². The summed E-state index contributed by atoms with van der Waals surface area (Å²) in [5.74, 6) is 0.376. The number of hydrogen-bond acceptors (Lipinski definition) is 12. The van der Waals surface area contributed by atoms with Crippen LogP contribution < -0.4 is 20.4 Å². The van der Waals surface area contributed by atoms with E-state index < -0.39 is 35.1 Å². The Hall–Kier alpha value is -7.06. The van der Waals surface area contributed by atoms with Gasteiger partial charge < -0.3 is 29.9 Å². The van der Waals surface area contributed by atoms with Crippen LogP contribution in [0, 0.1) is 18.6 Å². The molecule has 20 heteroatoms. The summed E-state index contributed by atoms with van der Waals surface area (Å²) >= 11 is 0. The number of nitrogens with one attached hydrogen (secondary N) is 2. The van der Waals surface area contributed by atoms with E-state index in [2.05, 4.69) is 40.6 Å². The van der Waals surface area contributed by atoms with Gasteiger partial charge in [0.15, 0.2) is 34.9 Å². The summed E-state index contributed by atoms with van der Waals surface area (Å²) in [5.41, 5.74) is 4.18.